The number of pyridine rings is 1. The maximum Gasteiger partial charge on any atom is 0.253 e. The van der Waals surface area contributed by atoms with Crippen LogP contribution in [0.2, 0.25) is 5.02 Å². The molecule has 1 aliphatic heterocycles. The van der Waals surface area contributed by atoms with Crippen LogP contribution in [0.25, 0.3) is 0 Å². The van der Waals surface area contributed by atoms with Crippen molar-refractivity contribution in [3.05, 3.63) is 64.2 Å². The van der Waals surface area contributed by atoms with Gasteiger partial charge < -0.3 is 4.90 Å². The van der Waals surface area contributed by atoms with Gasteiger partial charge in [0.15, 0.2) is 0 Å². The van der Waals surface area contributed by atoms with Crippen LogP contribution in [0.1, 0.15) is 67.8 Å². The summed E-state index contributed by atoms with van der Waals surface area (Å²) < 4.78 is 112. The summed E-state index contributed by atoms with van der Waals surface area (Å²) in [7, 11) is 0. The van der Waals surface area contributed by atoms with Crippen LogP contribution in [0.15, 0.2) is 36.5 Å². The van der Waals surface area contributed by atoms with E-state index in [1.165, 1.54) is 25.3 Å². The van der Waals surface area contributed by atoms with Gasteiger partial charge in [0.1, 0.15) is 11.5 Å². The van der Waals surface area contributed by atoms with Crippen LogP contribution in [0.3, 0.4) is 0 Å². The molecule has 2 heterocycles. The second-order valence-corrected chi connectivity index (χ2v) is 6.59. The Kier molecular flexibility index (Phi) is 3.61. The SMILES string of the molecule is [2H]C([2H])(C)c1ccc(CCCC2(F)C([2H])([2H])C([2H])([2H])N(C(=O)c3ccc(F)c(Cl)c3)C([2H])([2H])C2([2H])[2H])nc1. The third-order valence-corrected chi connectivity index (χ3v) is 4.46. The van der Waals surface area contributed by atoms with E-state index < -0.39 is 66.5 Å². The highest BCUT2D eigenvalue weighted by Gasteiger charge is 2.35. The van der Waals surface area contributed by atoms with Crippen molar-refractivity contribution in [3.63, 3.8) is 0 Å². The van der Waals surface area contributed by atoms with Gasteiger partial charge >= 0.3 is 0 Å². The number of aromatic nitrogens is 1. The predicted octanol–water partition coefficient (Wildman–Crippen LogP) is 5.40. The number of aryl methyl sites for hydroxylation is 2. The van der Waals surface area contributed by atoms with Crippen molar-refractivity contribution in [2.24, 2.45) is 0 Å². The lowest BCUT2D eigenvalue weighted by molar-refractivity contribution is 0.0389. The molecule has 1 fully saturated rings. The first-order chi connectivity index (χ1) is 17.1. The average molecular weight is 417 g/mol. The number of likely N-dealkylation sites (tertiary alicyclic amines) is 1. The molecule has 0 N–H and O–H groups in total. The van der Waals surface area contributed by atoms with Gasteiger partial charge in [-0.3, -0.25) is 9.78 Å². The second-order valence-electron chi connectivity index (χ2n) is 6.19. The first-order valence-electron chi connectivity index (χ1n) is 13.6. The number of rotatable bonds is 6. The first-order valence-corrected chi connectivity index (χ1v) is 8.95. The highest BCUT2D eigenvalue weighted by Crippen LogP contribution is 2.32. The summed E-state index contributed by atoms with van der Waals surface area (Å²) in [5, 5.41) is -0.559. The molecule has 1 aliphatic rings. The standard InChI is InChI=1S/C22H25ClF2N2O/c1-2-16-5-7-18(26-15-16)4-3-9-22(25)10-12-27(13-11-22)21(28)17-6-8-20(24)19(23)14-17/h5-8,14-15H,2-4,9-13H2,1H3/i2D2,10D2,11D2,12D2,13D2. The Balaban J connectivity index is 1.96. The average Bonchev–Trinajstić information content (AvgIpc) is 2.79. The number of nitrogens with zero attached hydrogens (tertiary/aromatic N) is 2. The number of carbonyl (C=O) groups excluding carboxylic acids is 1. The number of alkyl halides is 1. The minimum atomic E-state index is -3.75. The van der Waals surface area contributed by atoms with Gasteiger partial charge in [0.05, 0.1) is 5.02 Å². The lowest BCUT2D eigenvalue weighted by atomic mass is 9.87. The molecule has 28 heavy (non-hydrogen) atoms. The van der Waals surface area contributed by atoms with Crippen LogP contribution < -0.4 is 0 Å². The molecule has 6 heteroatoms. The molecule has 3 nitrogen and oxygen atoms in total. The van der Waals surface area contributed by atoms with Crippen molar-refractivity contribution >= 4 is 17.5 Å². The summed E-state index contributed by atoms with van der Waals surface area (Å²) in [6, 6.07) is 5.30. The van der Waals surface area contributed by atoms with Gasteiger partial charge in [0.25, 0.3) is 5.91 Å². The Bertz CT molecular complexity index is 1190. The lowest BCUT2D eigenvalue weighted by Crippen LogP contribution is -2.44. The quantitative estimate of drug-likeness (QED) is 0.631. The number of halogens is 3. The number of benzene rings is 1. The van der Waals surface area contributed by atoms with E-state index in [9.17, 15) is 9.18 Å². The van der Waals surface area contributed by atoms with Crippen molar-refractivity contribution in [1.82, 2.24) is 9.88 Å². The Morgan fingerprint density at radius 3 is 2.71 bits per heavy atom. The number of carbonyl (C=O) groups is 1. The molecule has 0 radical (unpaired) electrons. The molecule has 2 aromatic rings. The molecular weight excluding hydrogens is 382 g/mol. The third-order valence-electron chi connectivity index (χ3n) is 4.17. The second kappa shape index (κ2) is 8.99. The van der Waals surface area contributed by atoms with E-state index in [-0.39, 0.29) is 23.3 Å². The normalized spacial score (nSPS) is 29.2. The van der Waals surface area contributed by atoms with Crippen LogP contribution >= 0.6 is 11.6 Å². The van der Waals surface area contributed by atoms with E-state index >= 15 is 4.39 Å². The minimum Gasteiger partial charge on any atom is -0.338 e. The van der Waals surface area contributed by atoms with Gasteiger partial charge in [-0.05, 0) is 68.2 Å². The maximum atomic E-state index is 16.5. The largest absolute Gasteiger partial charge is 0.338 e. The van der Waals surface area contributed by atoms with E-state index in [2.05, 4.69) is 4.98 Å². The van der Waals surface area contributed by atoms with Crippen molar-refractivity contribution in [2.45, 2.75) is 51.0 Å². The number of piperidine rings is 1. The van der Waals surface area contributed by atoms with Crippen LogP contribution in [-0.4, -0.2) is 34.5 Å². The number of hydrogen-bond donors (Lipinski definition) is 0. The van der Waals surface area contributed by atoms with Gasteiger partial charge in [-0.2, -0.15) is 0 Å². The highest BCUT2D eigenvalue weighted by atomic mass is 35.5. The summed E-state index contributed by atoms with van der Waals surface area (Å²) >= 11 is 5.67. The molecule has 0 bridgehead atoms. The Morgan fingerprint density at radius 2 is 2.11 bits per heavy atom. The molecule has 1 amide bonds. The molecule has 3 rings (SSSR count). The summed E-state index contributed by atoms with van der Waals surface area (Å²) in [4.78, 5) is 16.9. The minimum absolute atomic E-state index is 0.0203. The highest BCUT2D eigenvalue weighted by molar-refractivity contribution is 6.31. The topological polar surface area (TPSA) is 33.2 Å². The molecule has 1 saturated heterocycles. The van der Waals surface area contributed by atoms with Crippen LogP contribution in [0, 0.1) is 5.82 Å². The molecule has 0 atom stereocenters. The smallest absolute Gasteiger partial charge is 0.253 e. The monoisotopic (exact) mass is 416 g/mol. The van der Waals surface area contributed by atoms with E-state index in [1.807, 2.05) is 0 Å². The van der Waals surface area contributed by atoms with Gasteiger partial charge in [0.2, 0.25) is 0 Å². The van der Waals surface area contributed by atoms with Crippen molar-refractivity contribution in [3.8, 4) is 0 Å². The van der Waals surface area contributed by atoms with E-state index in [1.54, 1.807) is 0 Å². The molecule has 150 valence electrons. The molecule has 1 aromatic carbocycles. The fraction of sp³-hybridized carbons (Fsp3) is 0.455. The van der Waals surface area contributed by atoms with Crippen molar-refractivity contribution in [2.75, 3.05) is 13.0 Å². The van der Waals surface area contributed by atoms with Gasteiger partial charge in [-0.25, -0.2) is 8.78 Å². The van der Waals surface area contributed by atoms with Crippen LogP contribution in [-0.2, 0) is 12.8 Å². The summed E-state index contributed by atoms with van der Waals surface area (Å²) in [6.07, 6.45) is -9.12. The molecule has 0 aliphatic carbocycles. The lowest BCUT2D eigenvalue weighted by Gasteiger charge is -2.36. The van der Waals surface area contributed by atoms with Crippen molar-refractivity contribution in [1.29, 1.82) is 0 Å². The zero-order chi connectivity index (χ0) is 29.1. The molecular formula is C22H25ClF2N2O. The third kappa shape index (κ3) is 5.07. The van der Waals surface area contributed by atoms with Gasteiger partial charge in [-0.15, -0.1) is 0 Å². The first kappa shape index (κ1) is 11.2. The fourth-order valence-corrected chi connectivity index (χ4v) is 2.75. The van der Waals surface area contributed by atoms with Crippen LogP contribution in [0.5, 0.6) is 0 Å². The van der Waals surface area contributed by atoms with Crippen molar-refractivity contribution < 1.29 is 27.3 Å². The van der Waals surface area contributed by atoms with E-state index in [0.717, 1.165) is 18.2 Å². The molecule has 0 unspecified atom stereocenters. The summed E-state index contributed by atoms with van der Waals surface area (Å²) in [5.74, 6) is -2.48. The van der Waals surface area contributed by atoms with Gasteiger partial charge in [0, 0.05) is 44.2 Å². The summed E-state index contributed by atoms with van der Waals surface area (Å²) in [5.41, 5.74) is -3.65. The zero-order valence-corrected chi connectivity index (χ0v) is 15.8. The molecule has 1 aromatic heterocycles. The van der Waals surface area contributed by atoms with Gasteiger partial charge in [-0.1, -0.05) is 24.6 Å². The number of amides is 1. The predicted molar refractivity (Wildman–Crippen MR) is 107 cm³/mol. The Morgan fingerprint density at radius 1 is 1.36 bits per heavy atom. The maximum absolute atomic E-state index is 16.5. The number of hydrogen-bond acceptors (Lipinski definition) is 2. The van der Waals surface area contributed by atoms with Crippen LogP contribution in [0.4, 0.5) is 8.78 Å². The van der Waals surface area contributed by atoms with E-state index in [4.69, 9.17) is 25.3 Å². The molecule has 0 spiro atoms. The zero-order valence-electron chi connectivity index (χ0n) is 25.0. The fourth-order valence-electron chi connectivity index (χ4n) is 2.57. The Labute approximate surface area is 183 Å². The summed E-state index contributed by atoms with van der Waals surface area (Å²) in [6.45, 7) is -6.05. The molecule has 0 saturated carbocycles. The van der Waals surface area contributed by atoms with E-state index in [0.29, 0.717) is 5.69 Å². The Hall–Kier alpha value is -2.01.